The molecule has 0 spiro atoms. The Labute approximate surface area is 149 Å². The number of aliphatic hydroxyl groups excluding tert-OH is 1. The number of benzene rings is 2. The van der Waals surface area contributed by atoms with Gasteiger partial charge in [0, 0.05) is 17.8 Å². The van der Waals surface area contributed by atoms with Gasteiger partial charge >= 0.3 is 0 Å². The summed E-state index contributed by atoms with van der Waals surface area (Å²) in [4.78, 5) is 12.0. The zero-order valence-corrected chi connectivity index (χ0v) is 14.8. The van der Waals surface area contributed by atoms with Crippen LogP contribution in [0.5, 0.6) is 5.75 Å². The first-order valence-corrected chi connectivity index (χ1v) is 8.51. The molecule has 0 saturated heterocycles. The predicted octanol–water partition coefficient (Wildman–Crippen LogP) is 2.74. The number of hydrogen-bond acceptors (Lipinski definition) is 4. The van der Waals surface area contributed by atoms with Crippen LogP contribution >= 0.6 is 0 Å². The molecule has 0 aliphatic carbocycles. The van der Waals surface area contributed by atoms with Gasteiger partial charge in [-0.15, -0.1) is 0 Å². The van der Waals surface area contributed by atoms with E-state index in [0.29, 0.717) is 19.4 Å². The zero-order chi connectivity index (χ0) is 18.1. The fraction of sp³-hybridized carbons (Fsp3) is 0.350. The van der Waals surface area contributed by atoms with Crippen molar-refractivity contribution >= 4 is 11.6 Å². The average Bonchev–Trinajstić information content (AvgIpc) is 2.65. The minimum atomic E-state index is -0.172. The van der Waals surface area contributed by atoms with E-state index in [1.165, 1.54) is 0 Å². The van der Waals surface area contributed by atoms with E-state index < -0.39 is 0 Å². The Morgan fingerprint density at radius 2 is 1.88 bits per heavy atom. The lowest BCUT2D eigenvalue weighted by molar-refractivity contribution is -0.121. The number of hydrogen-bond donors (Lipinski definition) is 3. The van der Waals surface area contributed by atoms with Crippen LogP contribution < -0.4 is 15.4 Å². The SMILES string of the molecule is CCC(CO)NC(=O)Cc1ccc(NCc2ccccc2OC)cc1. The van der Waals surface area contributed by atoms with Crippen molar-refractivity contribution in [1.29, 1.82) is 0 Å². The number of amides is 1. The maximum absolute atomic E-state index is 12.0. The molecule has 0 aliphatic heterocycles. The van der Waals surface area contributed by atoms with E-state index in [4.69, 9.17) is 9.84 Å². The van der Waals surface area contributed by atoms with E-state index in [0.717, 1.165) is 22.6 Å². The van der Waals surface area contributed by atoms with E-state index in [1.54, 1.807) is 7.11 Å². The number of para-hydroxylation sites is 1. The molecule has 0 radical (unpaired) electrons. The molecule has 2 rings (SSSR count). The van der Waals surface area contributed by atoms with Gasteiger partial charge in [0.1, 0.15) is 5.75 Å². The summed E-state index contributed by atoms with van der Waals surface area (Å²) < 4.78 is 5.34. The van der Waals surface area contributed by atoms with Crippen molar-refractivity contribution < 1.29 is 14.6 Å². The maximum atomic E-state index is 12.0. The highest BCUT2D eigenvalue weighted by Gasteiger charge is 2.09. The third-order valence-corrected chi connectivity index (χ3v) is 4.07. The van der Waals surface area contributed by atoms with Crippen molar-refractivity contribution in [2.75, 3.05) is 19.0 Å². The topological polar surface area (TPSA) is 70.6 Å². The third kappa shape index (κ3) is 5.80. The summed E-state index contributed by atoms with van der Waals surface area (Å²) in [7, 11) is 1.67. The van der Waals surface area contributed by atoms with Crippen molar-refractivity contribution in [2.24, 2.45) is 0 Å². The van der Waals surface area contributed by atoms with E-state index in [-0.39, 0.29) is 18.6 Å². The lowest BCUT2D eigenvalue weighted by Gasteiger charge is -2.14. The number of anilines is 1. The molecule has 3 N–H and O–H groups in total. The van der Waals surface area contributed by atoms with Gasteiger partial charge in [-0.3, -0.25) is 4.79 Å². The number of carbonyl (C=O) groups excluding carboxylic acids is 1. The number of rotatable bonds is 9. The van der Waals surface area contributed by atoms with Crippen LogP contribution in [0.2, 0.25) is 0 Å². The number of carbonyl (C=O) groups is 1. The Morgan fingerprint density at radius 1 is 1.16 bits per heavy atom. The van der Waals surface area contributed by atoms with E-state index in [1.807, 2.05) is 55.5 Å². The molecule has 1 amide bonds. The zero-order valence-electron chi connectivity index (χ0n) is 14.8. The van der Waals surface area contributed by atoms with Crippen LogP contribution in [0.25, 0.3) is 0 Å². The maximum Gasteiger partial charge on any atom is 0.224 e. The Kier molecular flexibility index (Phi) is 7.29. The molecule has 1 atom stereocenters. The van der Waals surface area contributed by atoms with Crippen LogP contribution in [0.1, 0.15) is 24.5 Å². The molecule has 0 aliphatic rings. The van der Waals surface area contributed by atoms with Crippen molar-refractivity contribution in [3.05, 3.63) is 59.7 Å². The Bertz CT molecular complexity index is 667. The molecule has 0 fully saturated rings. The summed E-state index contributed by atoms with van der Waals surface area (Å²) in [5.74, 6) is 0.785. The average molecular weight is 342 g/mol. The first-order chi connectivity index (χ1) is 12.2. The first kappa shape index (κ1) is 18.8. The Morgan fingerprint density at radius 3 is 2.52 bits per heavy atom. The van der Waals surface area contributed by atoms with Crippen LogP contribution in [0, 0.1) is 0 Å². The van der Waals surface area contributed by atoms with Gasteiger partial charge in [-0.25, -0.2) is 0 Å². The second-order valence-corrected chi connectivity index (χ2v) is 5.89. The molecule has 5 heteroatoms. The molecule has 0 saturated carbocycles. The van der Waals surface area contributed by atoms with E-state index >= 15 is 0 Å². The summed E-state index contributed by atoms with van der Waals surface area (Å²) in [5, 5.41) is 15.3. The van der Waals surface area contributed by atoms with Gasteiger partial charge in [-0.1, -0.05) is 37.3 Å². The smallest absolute Gasteiger partial charge is 0.224 e. The predicted molar refractivity (Wildman–Crippen MR) is 99.8 cm³/mol. The summed E-state index contributed by atoms with van der Waals surface area (Å²) in [5.41, 5.74) is 3.01. The van der Waals surface area contributed by atoms with Crippen LogP contribution in [0.3, 0.4) is 0 Å². The standard InChI is InChI=1S/C20H26N2O3/c1-3-17(14-23)22-20(24)12-15-8-10-18(11-9-15)21-13-16-6-4-5-7-19(16)25-2/h4-11,17,21,23H,3,12-14H2,1-2H3,(H,22,24). The highest BCUT2D eigenvalue weighted by Crippen LogP contribution is 2.19. The highest BCUT2D eigenvalue weighted by molar-refractivity contribution is 5.79. The Balaban J connectivity index is 1.88. The van der Waals surface area contributed by atoms with Crippen LogP contribution in [0.4, 0.5) is 5.69 Å². The highest BCUT2D eigenvalue weighted by atomic mass is 16.5. The van der Waals surface area contributed by atoms with Gasteiger partial charge in [-0.2, -0.15) is 0 Å². The second kappa shape index (κ2) is 9.69. The molecule has 134 valence electrons. The van der Waals surface area contributed by atoms with Gasteiger partial charge in [0.2, 0.25) is 5.91 Å². The van der Waals surface area contributed by atoms with E-state index in [9.17, 15) is 4.79 Å². The molecule has 0 bridgehead atoms. The summed E-state index contributed by atoms with van der Waals surface area (Å²) in [6.45, 7) is 2.57. The minimum absolute atomic E-state index is 0.0337. The van der Waals surface area contributed by atoms with E-state index in [2.05, 4.69) is 10.6 Å². The van der Waals surface area contributed by atoms with Crippen molar-refractivity contribution in [2.45, 2.75) is 32.4 Å². The molecule has 25 heavy (non-hydrogen) atoms. The number of aliphatic hydroxyl groups is 1. The van der Waals surface area contributed by atoms with Crippen molar-refractivity contribution in [1.82, 2.24) is 5.32 Å². The summed E-state index contributed by atoms with van der Waals surface area (Å²) >= 11 is 0. The van der Waals surface area contributed by atoms with Gasteiger partial charge in [-0.05, 0) is 30.2 Å². The van der Waals surface area contributed by atoms with Crippen molar-refractivity contribution in [3.63, 3.8) is 0 Å². The quantitative estimate of drug-likeness (QED) is 0.655. The minimum Gasteiger partial charge on any atom is -0.496 e. The fourth-order valence-corrected chi connectivity index (χ4v) is 2.53. The van der Waals surface area contributed by atoms with Crippen LogP contribution in [-0.2, 0) is 17.8 Å². The number of nitrogens with one attached hydrogen (secondary N) is 2. The second-order valence-electron chi connectivity index (χ2n) is 5.89. The van der Waals surface area contributed by atoms with Crippen LogP contribution in [-0.4, -0.2) is 30.8 Å². The summed E-state index contributed by atoms with van der Waals surface area (Å²) in [6, 6.07) is 15.5. The summed E-state index contributed by atoms with van der Waals surface area (Å²) in [6.07, 6.45) is 1.03. The number of methoxy groups -OCH3 is 1. The lowest BCUT2D eigenvalue weighted by atomic mass is 10.1. The largest absolute Gasteiger partial charge is 0.496 e. The molecular formula is C20H26N2O3. The molecule has 0 aromatic heterocycles. The Hall–Kier alpha value is -2.53. The molecule has 1 unspecified atom stereocenters. The van der Waals surface area contributed by atoms with Crippen LogP contribution in [0.15, 0.2) is 48.5 Å². The van der Waals surface area contributed by atoms with Gasteiger partial charge in [0.25, 0.3) is 0 Å². The molecule has 2 aromatic carbocycles. The molecule has 0 heterocycles. The normalized spacial score (nSPS) is 11.6. The fourth-order valence-electron chi connectivity index (χ4n) is 2.53. The monoisotopic (exact) mass is 342 g/mol. The van der Waals surface area contributed by atoms with Crippen molar-refractivity contribution in [3.8, 4) is 5.75 Å². The first-order valence-electron chi connectivity index (χ1n) is 8.51. The van der Waals surface area contributed by atoms with Gasteiger partial charge in [0.05, 0.1) is 26.2 Å². The lowest BCUT2D eigenvalue weighted by Crippen LogP contribution is -2.37. The van der Waals surface area contributed by atoms with Gasteiger partial charge < -0.3 is 20.5 Å². The van der Waals surface area contributed by atoms with Gasteiger partial charge in [0.15, 0.2) is 0 Å². The number of ether oxygens (including phenoxy) is 1. The molecule has 2 aromatic rings. The molecule has 5 nitrogen and oxygen atoms in total. The third-order valence-electron chi connectivity index (χ3n) is 4.07. The molecular weight excluding hydrogens is 316 g/mol.